The minimum atomic E-state index is -0.405. The lowest BCUT2D eigenvalue weighted by atomic mass is 9.87. The lowest BCUT2D eigenvalue weighted by molar-refractivity contribution is -0.384. The Kier molecular flexibility index (Phi) is 5.39. The zero-order valence-electron chi connectivity index (χ0n) is 17.2. The quantitative estimate of drug-likeness (QED) is 0.460. The van der Waals surface area contributed by atoms with Gasteiger partial charge >= 0.3 is 0 Å². The summed E-state index contributed by atoms with van der Waals surface area (Å²) in [7, 11) is 0. The summed E-state index contributed by atoms with van der Waals surface area (Å²) in [5.74, 6) is 1.33. The number of nitrogens with zero attached hydrogens (tertiary/aromatic N) is 2. The van der Waals surface area contributed by atoms with Crippen LogP contribution in [0.4, 0.5) is 5.69 Å². The van der Waals surface area contributed by atoms with Crippen molar-refractivity contribution in [3.8, 4) is 16.9 Å². The van der Waals surface area contributed by atoms with Crippen molar-refractivity contribution in [3.63, 3.8) is 0 Å². The zero-order valence-corrected chi connectivity index (χ0v) is 17.2. The van der Waals surface area contributed by atoms with E-state index in [2.05, 4.69) is 13.8 Å². The van der Waals surface area contributed by atoms with Crippen LogP contribution in [0, 0.1) is 16.0 Å². The third kappa shape index (κ3) is 4.34. The van der Waals surface area contributed by atoms with Crippen LogP contribution in [0.3, 0.4) is 0 Å². The van der Waals surface area contributed by atoms with E-state index in [0.717, 1.165) is 28.9 Å². The second-order valence-electron chi connectivity index (χ2n) is 8.82. The molecule has 0 atom stereocenters. The molecular formula is C24H28N2O3. The molecule has 29 heavy (non-hydrogen) atoms. The van der Waals surface area contributed by atoms with Gasteiger partial charge < -0.3 is 4.74 Å². The number of nitro groups is 1. The molecule has 1 aliphatic heterocycles. The highest BCUT2D eigenvalue weighted by molar-refractivity contribution is 6.07. The van der Waals surface area contributed by atoms with Crippen molar-refractivity contribution in [2.24, 2.45) is 10.9 Å². The Hall–Kier alpha value is -2.69. The minimum absolute atomic E-state index is 0.0799. The van der Waals surface area contributed by atoms with E-state index in [1.807, 2.05) is 30.3 Å². The number of nitro benzene ring substituents is 1. The summed E-state index contributed by atoms with van der Waals surface area (Å²) in [4.78, 5) is 16.3. The first kappa shape index (κ1) is 19.6. The van der Waals surface area contributed by atoms with E-state index in [1.165, 1.54) is 32.1 Å². The van der Waals surface area contributed by atoms with Gasteiger partial charge in [-0.25, -0.2) is 0 Å². The van der Waals surface area contributed by atoms with Crippen molar-refractivity contribution in [1.82, 2.24) is 0 Å². The summed E-state index contributed by atoms with van der Waals surface area (Å²) < 4.78 is 6.36. The Balaban J connectivity index is 1.81. The van der Waals surface area contributed by atoms with Gasteiger partial charge in [-0.1, -0.05) is 49.6 Å². The fraction of sp³-hybridized carbons (Fsp3) is 0.458. The van der Waals surface area contributed by atoms with Crippen molar-refractivity contribution in [1.29, 1.82) is 0 Å². The first-order chi connectivity index (χ1) is 13.9. The number of hydrogen-bond acceptors (Lipinski definition) is 4. The van der Waals surface area contributed by atoms with Crippen LogP contribution in [0.2, 0.25) is 0 Å². The maximum Gasteiger partial charge on any atom is 0.270 e. The van der Waals surface area contributed by atoms with E-state index in [9.17, 15) is 10.1 Å². The van der Waals surface area contributed by atoms with Gasteiger partial charge in [0.2, 0.25) is 0 Å². The molecule has 0 spiro atoms. The molecular weight excluding hydrogens is 364 g/mol. The van der Waals surface area contributed by atoms with Crippen LogP contribution in [0.15, 0.2) is 47.5 Å². The molecule has 0 saturated heterocycles. The predicted octanol–water partition coefficient (Wildman–Crippen LogP) is 6.19. The van der Waals surface area contributed by atoms with Crippen molar-refractivity contribution in [3.05, 3.63) is 58.1 Å². The number of fused-ring (bicyclic) bond motifs is 1. The molecule has 0 aromatic heterocycles. The van der Waals surface area contributed by atoms with Gasteiger partial charge in [-0.15, -0.1) is 0 Å². The molecule has 1 fully saturated rings. The molecule has 0 unspecified atom stereocenters. The van der Waals surface area contributed by atoms with Crippen molar-refractivity contribution >= 4 is 11.4 Å². The fourth-order valence-corrected chi connectivity index (χ4v) is 4.44. The number of hydrogen-bond donors (Lipinski definition) is 0. The van der Waals surface area contributed by atoms with Crippen molar-refractivity contribution in [2.75, 3.05) is 6.54 Å². The number of aliphatic imine (C=N–C) groups is 1. The summed E-state index contributed by atoms with van der Waals surface area (Å²) in [6.07, 6.45) is 7.00. The molecule has 5 heteroatoms. The third-order valence-electron chi connectivity index (χ3n) is 5.92. The lowest BCUT2D eigenvalue weighted by Gasteiger charge is -2.35. The molecule has 2 aromatic rings. The SMILES string of the molecule is CC1(C)CC(=NCC2CCCCC2)c2cc([N+](=O)[O-])cc(-c3ccccc3)c2O1. The van der Waals surface area contributed by atoms with Gasteiger partial charge in [0.15, 0.2) is 0 Å². The lowest BCUT2D eigenvalue weighted by Crippen LogP contribution is -2.37. The molecule has 1 saturated carbocycles. The van der Waals surface area contributed by atoms with Crippen molar-refractivity contribution in [2.45, 2.75) is 58.0 Å². The molecule has 1 heterocycles. The Labute approximate surface area is 172 Å². The van der Waals surface area contributed by atoms with Crippen LogP contribution < -0.4 is 4.74 Å². The molecule has 5 nitrogen and oxygen atoms in total. The molecule has 0 N–H and O–H groups in total. The average Bonchev–Trinajstić information content (AvgIpc) is 2.72. The van der Waals surface area contributed by atoms with Crippen LogP contribution >= 0.6 is 0 Å². The van der Waals surface area contributed by atoms with Crippen LogP contribution in [-0.2, 0) is 0 Å². The molecule has 2 aliphatic rings. The van der Waals surface area contributed by atoms with Crippen LogP contribution in [0.5, 0.6) is 5.75 Å². The molecule has 0 radical (unpaired) electrons. The summed E-state index contributed by atoms with van der Waals surface area (Å²) >= 11 is 0. The molecule has 1 aliphatic carbocycles. The Morgan fingerprint density at radius 3 is 2.48 bits per heavy atom. The van der Waals surface area contributed by atoms with E-state index in [4.69, 9.17) is 9.73 Å². The summed E-state index contributed by atoms with van der Waals surface area (Å²) in [5, 5.41) is 11.6. The molecule has 2 aromatic carbocycles. The highest BCUT2D eigenvalue weighted by Crippen LogP contribution is 2.43. The van der Waals surface area contributed by atoms with Crippen LogP contribution in [0.1, 0.15) is 57.9 Å². The fourth-order valence-electron chi connectivity index (χ4n) is 4.44. The average molecular weight is 392 g/mol. The van der Waals surface area contributed by atoms with Gasteiger partial charge in [-0.3, -0.25) is 15.1 Å². The predicted molar refractivity (Wildman–Crippen MR) is 116 cm³/mol. The smallest absolute Gasteiger partial charge is 0.270 e. The van der Waals surface area contributed by atoms with Gasteiger partial charge in [0.1, 0.15) is 11.4 Å². The highest BCUT2D eigenvalue weighted by Gasteiger charge is 2.34. The third-order valence-corrected chi connectivity index (χ3v) is 5.92. The standard InChI is InChI=1S/C24H28N2O3/c1-24(2)15-22(25-16-17-9-5-3-6-10-17)21-14-19(26(27)28)13-20(23(21)29-24)18-11-7-4-8-12-18/h4,7-8,11-14,17H,3,5-6,9-10,15-16H2,1-2H3. The van der Waals surface area contributed by atoms with Gasteiger partial charge in [-0.05, 0) is 38.2 Å². The van der Waals surface area contributed by atoms with E-state index in [1.54, 1.807) is 12.1 Å². The normalized spacial score (nSPS) is 20.1. The topological polar surface area (TPSA) is 64.7 Å². The number of non-ortho nitro benzene ring substituents is 1. The minimum Gasteiger partial charge on any atom is -0.486 e. The molecule has 4 rings (SSSR count). The maximum absolute atomic E-state index is 11.6. The number of benzene rings is 2. The summed E-state index contributed by atoms with van der Waals surface area (Å²) in [6, 6.07) is 13.0. The van der Waals surface area contributed by atoms with Gasteiger partial charge in [0.05, 0.1) is 4.92 Å². The number of ether oxygens (including phenoxy) is 1. The van der Waals surface area contributed by atoms with Crippen LogP contribution in [0.25, 0.3) is 11.1 Å². The molecule has 0 amide bonds. The zero-order chi connectivity index (χ0) is 20.4. The first-order valence-corrected chi connectivity index (χ1v) is 10.5. The monoisotopic (exact) mass is 392 g/mol. The first-order valence-electron chi connectivity index (χ1n) is 10.5. The molecule has 152 valence electrons. The van der Waals surface area contributed by atoms with Gasteiger partial charge in [-0.2, -0.15) is 0 Å². The number of rotatable bonds is 4. The van der Waals surface area contributed by atoms with E-state index >= 15 is 0 Å². The summed E-state index contributed by atoms with van der Waals surface area (Å²) in [5.41, 5.74) is 3.05. The maximum atomic E-state index is 11.6. The van der Waals surface area contributed by atoms with E-state index < -0.39 is 5.60 Å². The van der Waals surface area contributed by atoms with Crippen molar-refractivity contribution < 1.29 is 9.66 Å². The summed E-state index contributed by atoms with van der Waals surface area (Å²) in [6.45, 7) is 4.92. The second-order valence-corrected chi connectivity index (χ2v) is 8.82. The van der Waals surface area contributed by atoms with Crippen LogP contribution in [-0.4, -0.2) is 22.8 Å². The Bertz CT molecular complexity index is 929. The van der Waals surface area contributed by atoms with Gasteiger partial charge in [0, 0.05) is 41.9 Å². The van der Waals surface area contributed by atoms with Gasteiger partial charge in [0.25, 0.3) is 5.69 Å². The van der Waals surface area contributed by atoms with E-state index in [0.29, 0.717) is 18.1 Å². The molecule has 0 bridgehead atoms. The second kappa shape index (κ2) is 7.97. The highest BCUT2D eigenvalue weighted by atomic mass is 16.6. The Morgan fingerprint density at radius 2 is 1.79 bits per heavy atom. The Morgan fingerprint density at radius 1 is 1.10 bits per heavy atom. The van der Waals surface area contributed by atoms with E-state index in [-0.39, 0.29) is 10.6 Å². The largest absolute Gasteiger partial charge is 0.486 e.